The van der Waals surface area contributed by atoms with Crippen LogP contribution in [-0.4, -0.2) is 24.5 Å². The van der Waals surface area contributed by atoms with E-state index in [-0.39, 0.29) is 6.61 Å². The molecule has 0 aromatic heterocycles. The normalized spacial score (nSPS) is 21.1. The summed E-state index contributed by atoms with van der Waals surface area (Å²) in [7, 11) is 0. The van der Waals surface area contributed by atoms with E-state index in [1.54, 1.807) is 11.8 Å². The topological polar surface area (TPSA) is 32.6 Å². The molecular formula is C25H37NO. The highest BCUT2D eigenvalue weighted by molar-refractivity contribution is 5.73. The fourth-order valence-electron chi connectivity index (χ4n) is 3.10. The molecule has 0 aromatic carbocycles. The largest absolute Gasteiger partial charge is 0.394 e. The Kier molecular flexibility index (Phi) is 10.7. The zero-order valence-corrected chi connectivity index (χ0v) is 18.0. The monoisotopic (exact) mass is 367 g/mol. The van der Waals surface area contributed by atoms with Crippen LogP contribution in [0, 0.1) is 5.92 Å². The minimum absolute atomic E-state index is 0.0935. The molecule has 2 nitrogen and oxygen atoms in total. The first-order valence-electron chi connectivity index (χ1n) is 10.0. The van der Waals surface area contributed by atoms with Crippen LogP contribution in [0.15, 0.2) is 74.9 Å². The van der Waals surface area contributed by atoms with Crippen LogP contribution in [0.3, 0.4) is 0 Å². The summed E-state index contributed by atoms with van der Waals surface area (Å²) >= 11 is 0. The number of aliphatic hydroxyl groups is 1. The number of hydrogen-bond acceptors (Lipinski definition) is 2. The lowest BCUT2D eigenvalue weighted by Crippen LogP contribution is -2.06. The van der Waals surface area contributed by atoms with E-state index in [2.05, 4.69) is 76.9 Å². The summed E-state index contributed by atoms with van der Waals surface area (Å²) in [6, 6.07) is 0. The summed E-state index contributed by atoms with van der Waals surface area (Å²) in [5, 5.41) is 8.72. The van der Waals surface area contributed by atoms with Crippen molar-refractivity contribution in [1.29, 1.82) is 0 Å². The molecule has 27 heavy (non-hydrogen) atoms. The lowest BCUT2D eigenvalue weighted by atomic mass is 9.83. The highest BCUT2D eigenvalue weighted by Crippen LogP contribution is 2.31. The van der Waals surface area contributed by atoms with Crippen molar-refractivity contribution >= 4 is 6.21 Å². The first kappa shape index (κ1) is 23.1. The van der Waals surface area contributed by atoms with Gasteiger partial charge in [0.2, 0.25) is 0 Å². The fourth-order valence-corrected chi connectivity index (χ4v) is 3.10. The summed E-state index contributed by atoms with van der Waals surface area (Å²) in [6.07, 6.45) is 18.5. The number of hydrogen-bond donors (Lipinski definition) is 1. The molecule has 0 fully saturated rings. The quantitative estimate of drug-likeness (QED) is 0.384. The van der Waals surface area contributed by atoms with Crippen LogP contribution in [0.5, 0.6) is 0 Å². The van der Waals surface area contributed by atoms with E-state index >= 15 is 0 Å². The lowest BCUT2D eigenvalue weighted by molar-refractivity contribution is 0.307. The molecule has 0 amide bonds. The Bertz CT molecular complexity index is 696. The van der Waals surface area contributed by atoms with E-state index in [0.29, 0.717) is 12.5 Å². The zero-order valence-electron chi connectivity index (χ0n) is 18.0. The third-order valence-corrected chi connectivity index (χ3v) is 5.29. The van der Waals surface area contributed by atoms with Gasteiger partial charge in [0.05, 0.1) is 13.2 Å². The summed E-state index contributed by atoms with van der Waals surface area (Å²) in [4.78, 5) is 4.09. The molecule has 2 heteroatoms. The van der Waals surface area contributed by atoms with E-state index in [1.807, 2.05) is 6.08 Å². The molecular weight excluding hydrogens is 330 g/mol. The van der Waals surface area contributed by atoms with Crippen LogP contribution in [0.2, 0.25) is 0 Å². The van der Waals surface area contributed by atoms with Gasteiger partial charge in [-0.1, -0.05) is 42.9 Å². The van der Waals surface area contributed by atoms with Crippen LogP contribution in [0.25, 0.3) is 0 Å². The number of nitrogens with zero attached hydrogens (tertiary/aromatic N) is 1. The Morgan fingerprint density at radius 1 is 1.00 bits per heavy atom. The van der Waals surface area contributed by atoms with Gasteiger partial charge in [-0.05, 0) is 93.7 Å². The van der Waals surface area contributed by atoms with Crippen molar-refractivity contribution < 1.29 is 5.11 Å². The molecule has 1 unspecified atom stereocenters. The molecule has 1 aliphatic rings. The second-order valence-corrected chi connectivity index (χ2v) is 7.57. The van der Waals surface area contributed by atoms with Crippen LogP contribution in [0.1, 0.15) is 60.8 Å². The lowest BCUT2D eigenvalue weighted by Gasteiger charge is -2.23. The van der Waals surface area contributed by atoms with Gasteiger partial charge in [0.25, 0.3) is 0 Å². The van der Waals surface area contributed by atoms with Crippen molar-refractivity contribution in [2.24, 2.45) is 10.9 Å². The first-order valence-corrected chi connectivity index (χ1v) is 10.0. The predicted octanol–water partition coefficient (Wildman–Crippen LogP) is 6.53. The maximum absolute atomic E-state index is 8.72. The second kappa shape index (κ2) is 12.5. The smallest absolute Gasteiger partial charge is 0.0626 e. The van der Waals surface area contributed by atoms with Crippen molar-refractivity contribution in [2.45, 2.75) is 60.8 Å². The third-order valence-electron chi connectivity index (χ3n) is 5.29. The summed E-state index contributed by atoms with van der Waals surface area (Å²) in [6.45, 7) is 13.7. The van der Waals surface area contributed by atoms with Crippen molar-refractivity contribution in [1.82, 2.24) is 0 Å². The molecule has 148 valence electrons. The minimum atomic E-state index is 0.0935. The molecule has 0 bridgehead atoms. The van der Waals surface area contributed by atoms with Gasteiger partial charge in [-0.15, -0.1) is 0 Å². The molecule has 1 atom stereocenters. The SMILES string of the molecule is CC1=C(/C=C(C)/C(C)=C/C=C/C=C(C)/C(C)=C/C=NCCO)C(C)CCC1. The van der Waals surface area contributed by atoms with Crippen LogP contribution in [0.4, 0.5) is 0 Å². The molecule has 0 spiro atoms. The number of aliphatic imine (C=N–C) groups is 1. The molecule has 1 rings (SSSR count). The van der Waals surface area contributed by atoms with Gasteiger partial charge in [-0.3, -0.25) is 4.99 Å². The van der Waals surface area contributed by atoms with Gasteiger partial charge in [0, 0.05) is 6.21 Å². The van der Waals surface area contributed by atoms with Crippen LogP contribution >= 0.6 is 0 Å². The Balaban J connectivity index is 2.76. The molecule has 1 aliphatic carbocycles. The van der Waals surface area contributed by atoms with Gasteiger partial charge >= 0.3 is 0 Å². The number of rotatable bonds is 8. The van der Waals surface area contributed by atoms with Gasteiger partial charge in [-0.25, -0.2) is 0 Å². The van der Waals surface area contributed by atoms with Crippen molar-refractivity contribution in [3.63, 3.8) is 0 Å². The number of allylic oxidation sites excluding steroid dienone is 12. The van der Waals surface area contributed by atoms with E-state index < -0.39 is 0 Å². The highest BCUT2D eigenvalue weighted by Gasteiger charge is 2.15. The van der Waals surface area contributed by atoms with Crippen molar-refractivity contribution in [2.75, 3.05) is 13.2 Å². The molecule has 0 heterocycles. The maximum atomic E-state index is 8.72. The van der Waals surface area contributed by atoms with Crippen molar-refractivity contribution in [3.8, 4) is 0 Å². The molecule has 0 saturated heterocycles. The van der Waals surface area contributed by atoms with Gasteiger partial charge in [-0.2, -0.15) is 0 Å². The minimum Gasteiger partial charge on any atom is -0.394 e. The van der Waals surface area contributed by atoms with Gasteiger partial charge < -0.3 is 5.11 Å². The molecule has 1 N–H and O–H groups in total. The summed E-state index contributed by atoms with van der Waals surface area (Å²) in [5.74, 6) is 0.679. The molecule has 0 aliphatic heterocycles. The average Bonchev–Trinajstić information content (AvgIpc) is 2.64. The van der Waals surface area contributed by atoms with E-state index in [1.165, 1.54) is 47.1 Å². The summed E-state index contributed by atoms with van der Waals surface area (Å²) in [5.41, 5.74) is 8.12. The van der Waals surface area contributed by atoms with E-state index in [0.717, 1.165) is 0 Å². The first-order chi connectivity index (χ1) is 12.9. The van der Waals surface area contributed by atoms with Crippen molar-refractivity contribution in [3.05, 3.63) is 69.9 Å². The fraction of sp³-hybridized carbons (Fsp3) is 0.480. The predicted molar refractivity (Wildman–Crippen MR) is 120 cm³/mol. The second-order valence-electron chi connectivity index (χ2n) is 7.57. The zero-order chi connectivity index (χ0) is 20.2. The molecule has 0 saturated carbocycles. The molecule has 0 radical (unpaired) electrons. The average molecular weight is 368 g/mol. The maximum Gasteiger partial charge on any atom is 0.0626 e. The van der Waals surface area contributed by atoms with E-state index in [4.69, 9.17) is 5.11 Å². The Morgan fingerprint density at radius 2 is 1.59 bits per heavy atom. The Labute approximate surface area is 166 Å². The third kappa shape index (κ3) is 8.53. The summed E-state index contributed by atoms with van der Waals surface area (Å²) < 4.78 is 0. The van der Waals surface area contributed by atoms with E-state index in [9.17, 15) is 0 Å². The standard InChI is InChI=1S/C25H37NO/c1-19(21(3)14-15-26-16-17-27)10-7-8-11-20(2)24(6)18-25-22(4)12-9-13-23(25)5/h7-8,10-11,14-15,18,22,27H,9,12-13,16-17H2,1-6H3/b8-7+,19-10+,20-11+,21-14+,24-18+,26-15?. The number of aliphatic hydroxyl groups excluding tert-OH is 1. The Morgan fingerprint density at radius 3 is 2.19 bits per heavy atom. The van der Waals surface area contributed by atoms with Gasteiger partial charge in [0.1, 0.15) is 0 Å². The Hall–Kier alpha value is -1.93. The van der Waals surface area contributed by atoms with Crippen LogP contribution < -0.4 is 0 Å². The van der Waals surface area contributed by atoms with Gasteiger partial charge in [0.15, 0.2) is 0 Å². The molecule has 0 aromatic rings. The highest BCUT2D eigenvalue weighted by atomic mass is 16.3. The van der Waals surface area contributed by atoms with Crippen LogP contribution in [-0.2, 0) is 0 Å².